The van der Waals surface area contributed by atoms with Crippen LogP contribution in [0.3, 0.4) is 0 Å². The van der Waals surface area contributed by atoms with Gasteiger partial charge in [-0.25, -0.2) is 0 Å². The molecule has 0 saturated carbocycles. The van der Waals surface area contributed by atoms with E-state index >= 15 is 0 Å². The summed E-state index contributed by atoms with van der Waals surface area (Å²) in [6, 6.07) is 0. The highest BCUT2D eigenvalue weighted by molar-refractivity contribution is 14.1. The Kier molecular flexibility index (Phi) is 4.97. The molecule has 0 heterocycles. The van der Waals surface area contributed by atoms with Crippen LogP contribution in [0.5, 0.6) is 0 Å². The Morgan fingerprint density at radius 2 is 1.17 bits per heavy atom. The number of carbonyl (C=O) groups is 3. The van der Waals surface area contributed by atoms with Crippen LogP contribution in [0.2, 0.25) is 0 Å². The SMILES string of the molecule is NC(=O)C(I)C(=O)C(I)C(N)=O. The molecular weight excluding hydrogens is 390 g/mol. The number of alkyl halides is 2. The van der Waals surface area contributed by atoms with Gasteiger partial charge in [-0.1, -0.05) is 45.2 Å². The first-order chi connectivity index (χ1) is 5.37. The fraction of sp³-hybridized carbons (Fsp3) is 0.400. The summed E-state index contributed by atoms with van der Waals surface area (Å²) in [6.07, 6.45) is 0. The zero-order chi connectivity index (χ0) is 9.89. The molecule has 2 unspecified atom stereocenters. The average molecular weight is 396 g/mol. The Bertz CT molecular complexity index is 209. The van der Waals surface area contributed by atoms with Gasteiger partial charge in [0.05, 0.1) is 0 Å². The van der Waals surface area contributed by atoms with Crippen LogP contribution < -0.4 is 11.5 Å². The minimum atomic E-state index is -0.989. The minimum absolute atomic E-state index is 0.559. The molecule has 2 amide bonds. The first-order valence-electron chi connectivity index (χ1n) is 2.78. The van der Waals surface area contributed by atoms with Gasteiger partial charge in [-0.05, 0) is 0 Å². The summed E-state index contributed by atoms with van der Waals surface area (Å²) < 4.78 is -1.98. The molecule has 0 aromatic rings. The molecule has 0 bridgehead atoms. The van der Waals surface area contributed by atoms with Crippen LogP contribution in [-0.4, -0.2) is 25.4 Å². The molecule has 0 rings (SSSR count). The number of hydrogen-bond acceptors (Lipinski definition) is 3. The third kappa shape index (κ3) is 3.21. The molecule has 12 heavy (non-hydrogen) atoms. The molecule has 5 nitrogen and oxygen atoms in total. The first kappa shape index (κ1) is 12.1. The zero-order valence-electron chi connectivity index (χ0n) is 5.79. The molecule has 0 aromatic carbocycles. The van der Waals surface area contributed by atoms with E-state index in [9.17, 15) is 14.4 Å². The Labute approximate surface area is 95.9 Å². The van der Waals surface area contributed by atoms with Gasteiger partial charge in [-0.15, -0.1) is 0 Å². The molecular formula is C5H6I2N2O3. The standard InChI is InChI=1S/C5H6I2N2O3/c6-1(4(8)11)3(10)2(7)5(9)12/h1-2H,(H2,8,11)(H2,9,12). The van der Waals surface area contributed by atoms with Crippen molar-refractivity contribution in [3.05, 3.63) is 0 Å². The molecule has 0 aliphatic heterocycles. The molecule has 0 fully saturated rings. The largest absolute Gasteiger partial charge is 0.368 e. The maximum Gasteiger partial charge on any atom is 0.238 e. The lowest BCUT2D eigenvalue weighted by Crippen LogP contribution is -2.40. The third-order valence-electron chi connectivity index (χ3n) is 0.999. The van der Waals surface area contributed by atoms with E-state index in [1.165, 1.54) is 0 Å². The maximum absolute atomic E-state index is 11.1. The average Bonchev–Trinajstić information content (AvgIpc) is 2.00. The van der Waals surface area contributed by atoms with E-state index in [2.05, 4.69) is 0 Å². The second kappa shape index (κ2) is 4.94. The smallest absolute Gasteiger partial charge is 0.238 e. The summed E-state index contributed by atoms with van der Waals surface area (Å²) >= 11 is 3.14. The number of Topliss-reactive ketones (excluding diaryl/α,β-unsaturated/α-hetero) is 1. The number of halogens is 2. The van der Waals surface area contributed by atoms with Crippen molar-refractivity contribution in [2.75, 3.05) is 0 Å². The van der Waals surface area contributed by atoms with Gasteiger partial charge in [0.25, 0.3) is 0 Å². The summed E-state index contributed by atoms with van der Waals surface area (Å²) in [7, 11) is 0. The Morgan fingerprint density at radius 1 is 0.917 bits per heavy atom. The van der Waals surface area contributed by atoms with E-state index in [0.717, 1.165) is 0 Å². The highest BCUT2D eigenvalue weighted by Gasteiger charge is 2.30. The number of nitrogens with two attached hydrogens (primary N) is 2. The lowest BCUT2D eigenvalue weighted by Gasteiger charge is -2.07. The summed E-state index contributed by atoms with van der Waals surface area (Å²) in [5, 5.41) is 0. The van der Waals surface area contributed by atoms with Crippen molar-refractivity contribution in [2.45, 2.75) is 7.85 Å². The summed E-state index contributed by atoms with van der Waals surface area (Å²) in [5.41, 5.74) is 9.70. The van der Waals surface area contributed by atoms with Gasteiger partial charge < -0.3 is 11.5 Å². The molecule has 0 aliphatic rings. The predicted molar refractivity (Wildman–Crippen MR) is 59.0 cm³/mol. The lowest BCUT2D eigenvalue weighted by atomic mass is 10.2. The van der Waals surface area contributed by atoms with Crippen LogP contribution in [0.1, 0.15) is 0 Å². The Balaban J connectivity index is 4.39. The van der Waals surface area contributed by atoms with Crippen molar-refractivity contribution in [1.29, 1.82) is 0 Å². The quantitative estimate of drug-likeness (QED) is 0.367. The number of ketones is 1. The van der Waals surface area contributed by atoms with Crippen LogP contribution in [0.4, 0.5) is 0 Å². The van der Waals surface area contributed by atoms with Crippen molar-refractivity contribution < 1.29 is 14.4 Å². The monoisotopic (exact) mass is 396 g/mol. The van der Waals surface area contributed by atoms with E-state index in [1.54, 1.807) is 45.2 Å². The topological polar surface area (TPSA) is 103 Å². The van der Waals surface area contributed by atoms with E-state index in [0.29, 0.717) is 0 Å². The van der Waals surface area contributed by atoms with Gasteiger partial charge in [0.1, 0.15) is 7.85 Å². The van der Waals surface area contributed by atoms with Crippen LogP contribution in [0.25, 0.3) is 0 Å². The van der Waals surface area contributed by atoms with Crippen molar-refractivity contribution >= 4 is 62.8 Å². The van der Waals surface area contributed by atoms with Gasteiger partial charge in [-0.2, -0.15) is 0 Å². The van der Waals surface area contributed by atoms with Crippen molar-refractivity contribution in [1.82, 2.24) is 0 Å². The zero-order valence-corrected chi connectivity index (χ0v) is 10.1. The first-order valence-corrected chi connectivity index (χ1v) is 5.27. The van der Waals surface area contributed by atoms with Crippen molar-refractivity contribution in [3.63, 3.8) is 0 Å². The molecule has 2 atom stereocenters. The Morgan fingerprint density at radius 3 is 1.33 bits per heavy atom. The van der Waals surface area contributed by atoms with E-state index < -0.39 is 25.4 Å². The van der Waals surface area contributed by atoms with Crippen molar-refractivity contribution in [3.8, 4) is 0 Å². The lowest BCUT2D eigenvalue weighted by molar-refractivity contribution is -0.127. The minimum Gasteiger partial charge on any atom is -0.368 e. The molecule has 0 aliphatic carbocycles. The van der Waals surface area contributed by atoms with Gasteiger partial charge >= 0.3 is 0 Å². The van der Waals surface area contributed by atoms with Crippen LogP contribution in [-0.2, 0) is 14.4 Å². The molecule has 4 N–H and O–H groups in total. The van der Waals surface area contributed by atoms with E-state index in [-0.39, 0.29) is 0 Å². The number of primary amides is 2. The molecule has 7 heteroatoms. The van der Waals surface area contributed by atoms with Crippen LogP contribution in [0, 0.1) is 0 Å². The van der Waals surface area contributed by atoms with Gasteiger partial charge in [0.2, 0.25) is 11.8 Å². The normalized spacial score (nSPS) is 14.8. The summed E-state index contributed by atoms with van der Waals surface area (Å²) in [6.45, 7) is 0. The Hall–Kier alpha value is 0.0700. The van der Waals surface area contributed by atoms with E-state index in [4.69, 9.17) is 11.5 Å². The molecule has 0 aromatic heterocycles. The maximum atomic E-state index is 11.1. The van der Waals surface area contributed by atoms with Gasteiger partial charge in [0, 0.05) is 0 Å². The second-order valence-corrected chi connectivity index (χ2v) is 4.42. The number of rotatable bonds is 4. The number of amides is 2. The molecule has 0 radical (unpaired) electrons. The predicted octanol–water partition coefficient (Wildman–Crippen LogP) is -0.867. The van der Waals surface area contributed by atoms with E-state index in [1.807, 2.05) is 0 Å². The highest BCUT2D eigenvalue weighted by Crippen LogP contribution is 2.10. The van der Waals surface area contributed by atoms with Crippen LogP contribution in [0.15, 0.2) is 0 Å². The van der Waals surface area contributed by atoms with Crippen LogP contribution >= 0.6 is 45.2 Å². The fourth-order valence-corrected chi connectivity index (χ4v) is 1.82. The fourth-order valence-electron chi connectivity index (χ4n) is 0.409. The number of hydrogen-bond donors (Lipinski definition) is 2. The molecule has 0 saturated heterocycles. The van der Waals surface area contributed by atoms with Gasteiger partial charge in [-0.3, -0.25) is 14.4 Å². The summed E-state index contributed by atoms with van der Waals surface area (Å²) in [5.74, 6) is -2.08. The van der Waals surface area contributed by atoms with Gasteiger partial charge in [0.15, 0.2) is 5.78 Å². The molecule has 0 spiro atoms. The highest BCUT2D eigenvalue weighted by atomic mass is 127. The third-order valence-corrected chi connectivity index (χ3v) is 3.45. The summed E-state index contributed by atoms with van der Waals surface area (Å²) in [4.78, 5) is 32.1. The second-order valence-electron chi connectivity index (χ2n) is 1.93. The number of carbonyl (C=O) groups excluding carboxylic acids is 3. The van der Waals surface area contributed by atoms with Crippen molar-refractivity contribution in [2.24, 2.45) is 11.5 Å². The molecule has 68 valence electrons.